The number of benzene rings is 1. The van der Waals surface area contributed by atoms with Crippen LogP contribution in [0.15, 0.2) is 18.2 Å². The number of piperazine rings is 1. The summed E-state index contributed by atoms with van der Waals surface area (Å²) in [4.78, 5) is 14.6. The van der Waals surface area contributed by atoms with Crippen molar-refractivity contribution in [3.63, 3.8) is 0 Å². The van der Waals surface area contributed by atoms with Gasteiger partial charge in [0.05, 0.1) is 12.3 Å². The van der Waals surface area contributed by atoms with E-state index in [0.29, 0.717) is 12.5 Å². The van der Waals surface area contributed by atoms with Crippen molar-refractivity contribution < 1.29 is 9.53 Å². The Morgan fingerprint density at radius 3 is 3.14 bits per heavy atom. The fraction of sp³-hybridized carbons (Fsp3) is 0.562. The zero-order valence-corrected chi connectivity index (χ0v) is 12.7. The summed E-state index contributed by atoms with van der Waals surface area (Å²) in [6.07, 6.45) is 0.918. The predicted octanol–water partition coefficient (Wildman–Crippen LogP) is 2.08. The molecule has 0 saturated carbocycles. The van der Waals surface area contributed by atoms with Gasteiger partial charge >= 0.3 is 6.03 Å². The van der Waals surface area contributed by atoms with Gasteiger partial charge in [-0.3, -0.25) is 0 Å². The Morgan fingerprint density at radius 1 is 1.48 bits per heavy atom. The molecule has 21 heavy (non-hydrogen) atoms. The van der Waals surface area contributed by atoms with Crippen LogP contribution in [0.2, 0.25) is 0 Å². The zero-order valence-electron chi connectivity index (χ0n) is 12.7. The fourth-order valence-electron chi connectivity index (χ4n) is 3.07. The lowest BCUT2D eigenvalue weighted by Crippen LogP contribution is -2.56. The molecule has 1 atom stereocenters. The van der Waals surface area contributed by atoms with E-state index in [2.05, 4.69) is 30.5 Å². The lowest BCUT2D eigenvalue weighted by atomic mass is 10.0. The van der Waals surface area contributed by atoms with Crippen LogP contribution in [0.1, 0.15) is 19.4 Å². The molecule has 5 heteroatoms. The van der Waals surface area contributed by atoms with E-state index < -0.39 is 0 Å². The number of nitrogens with zero attached hydrogens (tertiary/aromatic N) is 1. The zero-order chi connectivity index (χ0) is 14.8. The third-order valence-electron chi connectivity index (χ3n) is 4.27. The van der Waals surface area contributed by atoms with Crippen molar-refractivity contribution in [2.24, 2.45) is 5.92 Å². The van der Waals surface area contributed by atoms with E-state index >= 15 is 0 Å². The molecule has 3 rings (SSSR count). The third kappa shape index (κ3) is 2.83. The second-order valence-electron chi connectivity index (χ2n) is 6.03. The second-order valence-corrected chi connectivity index (χ2v) is 6.03. The minimum atomic E-state index is -0.0286. The van der Waals surface area contributed by atoms with Crippen molar-refractivity contribution in [3.8, 4) is 5.75 Å². The number of nitrogens with one attached hydrogen (secondary N) is 2. The van der Waals surface area contributed by atoms with Crippen LogP contribution in [0.5, 0.6) is 5.75 Å². The second kappa shape index (κ2) is 5.93. The average molecular weight is 289 g/mol. The van der Waals surface area contributed by atoms with Crippen LogP contribution in [-0.4, -0.2) is 43.2 Å². The van der Waals surface area contributed by atoms with Gasteiger partial charge in [-0.1, -0.05) is 26.0 Å². The maximum atomic E-state index is 12.6. The first-order valence-electron chi connectivity index (χ1n) is 7.70. The van der Waals surface area contributed by atoms with Crippen molar-refractivity contribution in [2.45, 2.75) is 26.3 Å². The number of hydrogen-bond acceptors (Lipinski definition) is 3. The van der Waals surface area contributed by atoms with E-state index in [-0.39, 0.29) is 12.1 Å². The van der Waals surface area contributed by atoms with E-state index in [1.807, 2.05) is 17.0 Å². The van der Waals surface area contributed by atoms with E-state index in [1.54, 1.807) is 0 Å². The minimum absolute atomic E-state index is 0.0286. The number of fused-ring (bicyclic) bond motifs is 1. The summed E-state index contributed by atoms with van der Waals surface area (Å²) in [5.74, 6) is 1.27. The van der Waals surface area contributed by atoms with E-state index in [4.69, 9.17) is 4.74 Å². The molecule has 1 fully saturated rings. The molecule has 2 aliphatic rings. The molecule has 1 aromatic carbocycles. The summed E-state index contributed by atoms with van der Waals surface area (Å²) in [6, 6.07) is 6.14. The Hall–Kier alpha value is -1.75. The number of rotatable bonds is 2. The minimum Gasteiger partial charge on any atom is -0.491 e. The molecule has 1 saturated heterocycles. The van der Waals surface area contributed by atoms with E-state index in [0.717, 1.165) is 37.5 Å². The molecular weight excluding hydrogens is 266 g/mol. The largest absolute Gasteiger partial charge is 0.491 e. The Bertz CT molecular complexity index is 530. The number of anilines is 1. The lowest BCUT2D eigenvalue weighted by molar-refractivity contribution is 0.147. The molecule has 2 amide bonds. The van der Waals surface area contributed by atoms with Crippen molar-refractivity contribution in [3.05, 3.63) is 23.8 Å². The molecule has 0 spiro atoms. The third-order valence-corrected chi connectivity index (χ3v) is 4.27. The van der Waals surface area contributed by atoms with Crippen LogP contribution >= 0.6 is 0 Å². The van der Waals surface area contributed by atoms with Gasteiger partial charge in [-0.25, -0.2) is 4.79 Å². The first-order chi connectivity index (χ1) is 10.2. The van der Waals surface area contributed by atoms with Crippen molar-refractivity contribution >= 4 is 11.7 Å². The molecule has 5 nitrogen and oxygen atoms in total. The monoisotopic (exact) mass is 289 g/mol. The van der Waals surface area contributed by atoms with Gasteiger partial charge in [0, 0.05) is 32.1 Å². The number of carbonyl (C=O) groups excluding carboxylic acids is 1. The van der Waals surface area contributed by atoms with Crippen LogP contribution < -0.4 is 15.4 Å². The van der Waals surface area contributed by atoms with Gasteiger partial charge < -0.3 is 20.3 Å². The molecule has 0 aliphatic carbocycles. The maximum absolute atomic E-state index is 12.6. The molecule has 1 aromatic rings. The molecule has 2 aliphatic heterocycles. The first kappa shape index (κ1) is 14.2. The number of ether oxygens (including phenoxy) is 1. The highest BCUT2D eigenvalue weighted by molar-refractivity contribution is 5.91. The van der Waals surface area contributed by atoms with Gasteiger partial charge in [0.15, 0.2) is 0 Å². The van der Waals surface area contributed by atoms with Gasteiger partial charge in [-0.05, 0) is 17.5 Å². The Balaban J connectivity index is 1.75. The normalized spacial score (nSPS) is 21.1. The van der Waals surface area contributed by atoms with E-state index in [9.17, 15) is 4.79 Å². The predicted molar refractivity (Wildman–Crippen MR) is 82.9 cm³/mol. The van der Waals surface area contributed by atoms with Gasteiger partial charge in [0.2, 0.25) is 0 Å². The number of amides is 2. The van der Waals surface area contributed by atoms with Gasteiger partial charge in [0.1, 0.15) is 5.75 Å². The summed E-state index contributed by atoms with van der Waals surface area (Å²) in [5.41, 5.74) is 1.96. The number of para-hydroxylation sites is 1. The quantitative estimate of drug-likeness (QED) is 0.876. The number of hydrogen-bond donors (Lipinski definition) is 2. The van der Waals surface area contributed by atoms with Gasteiger partial charge in [-0.15, -0.1) is 0 Å². The van der Waals surface area contributed by atoms with Crippen molar-refractivity contribution in [1.29, 1.82) is 0 Å². The van der Waals surface area contributed by atoms with Crippen LogP contribution in [0.25, 0.3) is 0 Å². The Morgan fingerprint density at radius 2 is 2.33 bits per heavy atom. The first-order valence-corrected chi connectivity index (χ1v) is 7.70. The van der Waals surface area contributed by atoms with Crippen LogP contribution in [-0.2, 0) is 6.42 Å². The fourth-order valence-corrected chi connectivity index (χ4v) is 3.07. The summed E-state index contributed by atoms with van der Waals surface area (Å²) in [5, 5.41) is 6.39. The topological polar surface area (TPSA) is 53.6 Å². The molecule has 2 heterocycles. The summed E-state index contributed by atoms with van der Waals surface area (Å²) < 4.78 is 5.65. The average Bonchev–Trinajstić information content (AvgIpc) is 2.96. The molecule has 2 N–H and O–H groups in total. The smallest absolute Gasteiger partial charge is 0.322 e. The summed E-state index contributed by atoms with van der Waals surface area (Å²) >= 11 is 0. The van der Waals surface area contributed by atoms with Gasteiger partial charge in [-0.2, -0.15) is 0 Å². The molecule has 1 unspecified atom stereocenters. The highest BCUT2D eigenvalue weighted by atomic mass is 16.5. The lowest BCUT2D eigenvalue weighted by Gasteiger charge is -2.38. The molecule has 0 bridgehead atoms. The van der Waals surface area contributed by atoms with Crippen LogP contribution in [0, 0.1) is 5.92 Å². The van der Waals surface area contributed by atoms with Crippen molar-refractivity contribution in [1.82, 2.24) is 10.2 Å². The highest BCUT2D eigenvalue weighted by Crippen LogP contribution is 2.33. The molecule has 0 aromatic heterocycles. The molecule has 114 valence electrons. The Labute approximate surface area is 125 Å². The number of carbonyl (C=O) groups is 1. The molecule has 0 radical (unpaired) electrons. The highest BCUT2D eigenvalue weighted by Gasteiger charge is 2.29. The van der Waals surface area contributed by atoms with Crippen molar-refractivity contribution in [2.75, 3.05) is 31.6 Å². The maximum Gasteiger partial charge on any atom is 0.322 e. The Kier molecular flexibility index (Phi) is 4.01. The van der Waals surface area contributed by atoms with Crippen LogP contribution in [0.3, 0.4) is 0 Å². The summed E-state index contributed by atoms with van der Waals surface area (Å²) in [6.45, 7) is 7.45. The summed E-state index contributed by atoms with van der Waals surface area (Å²) in [7, 11) is 0. The van der Waals surface area contributed by atoms with Crippen LogP contribution in [0.4, 0.5) is 10.5 Å². The molecular formula is C16H23N3O2. The van der Waals surface area contributed by atoms with Gasteiger partial charge in [0.25, 0.3) is 0 Å². The SMILES string of the molecule is CC(C)C1CNCCN1C(=O)Nc1cccc2c1OCC2. The standard InChI is InChI=1S/C16H23N3O2/c1-11(2)14-10-17-7-8-19(14)16(20)18-13-5-3-4-12-6-9-21-15(12)13/h3-5,11,14,17H,6-10H2,1-2H3,(H,18,20). The number of urea groups is 1. The van der Waals surface area contributed by atoms with E-state index in [1.165, 1.54) is 5.56 Å².